The maximum Gasteiger partial charge on any atom is 0.249 e. The Kier molecular flexibility index (Phi) is 9.53. The Hall–Kier alpha value is -2.18. The molecule has 0 saturated carbocycles. The summed E-state index contributed by atoms with van der Waals surface area (Å²) < 4.78 is 0. The molecule has 7 nitrogen and oxygen atoms in total. The number of hydrogen-bond acceptors (Lipinski definition) is 6. The van der Waals surface area contributed by atoms with Gasteiger partial charge in [0.2, 0.25) is 11.8 Å². The summed E-state index contributed by atoms with van der Waals surface area (Å²) >= 11 is 0. The lowest BCUT2D eigenvalue weighted by molar-refractivity contribution is -0.137. The Morgan fingerprint density at radius 1 is 1.04 bits per heavy atom. The van der Waals surface area contributed by atoms with Crippen molar-refractivity contribution in [3.8, 4) is 0 Å². The lowest BCUT2D eigenvalue weighted by Crippen LogP contribution is -2.56. The van der Waals surface area contributed by atoms with E-state index in [1.165, 1.54) is 12.4 Å². The van der Waals surface area contributed by atoms with Gasteiger partial charge in [-0.2, -0.15) is 0 Å². The van der Waals surface area contributed by atoms with Crippen molar-refractivity contribution in [2.75, 3.05) is 20.1 Å². The summed E-state index contributed by atoms with van der Waals surface area (Å²) in [6.07, 6.45) is 3.79. The number of nitrogens with zero attached hydrogens (tertiary/aromatic N) is 2. The van der Waals surface area contributed by atoms with Crippen LogP contribution in [0.15, 0.2) is 23.8 Å². The van der Waals surface area contributed by atoms with Crippen LogP contribution in [0.2, 0.25) is 0 Å². The number of likely N-dealkylation sites (N-methyl/N-ethyl adjacent to an activating group) is 1. The Labute approximate surface area is 139 Å². The molecule has 2 amide bonds. The molecule has 1 atom stereocenters. The summed E-state index contributed by atoms with van der Waals surface area (Å²) in [5, 5.41) is 2.36. The zero-order valence-corrected chi connectivity index (χ0v) is 14.9. The molecule has 7 heteroatoms. The fraction of sp³-hybridized carbons (Fsp3) is 0.625. The van der Waals surface area contributed by atoms with E-state index in [-0.39, 0.29) is 17.9 Å². The Morgan fingerprint density at radius 2 is 1.61 bits per heavy atom. The Balaban J connectivity index is 0.00000112. The average molecular weight is 325 g/mol. The van der Waals surface area contributed by atoms with Crippen LogP contribution in [0.4, 0.5) is 0 Å². The number of rotatable bonds is 1. The van der Waals surface area contributed by atoms with Crippen LogP contribution >= 0.6 is 0 Å². The largest absolute Gasteiger partial charge is 0.403 e. The number of imide groups is 1. The minimum atomic E-state index is -0.365. The van der Waals surface area contributed by atoms with E-state index in [1.54, 1.807) is 0 Å². The standard InChI is InChI=1S/C12H19N5O2.2C2H6/c1-16-4-5-17(10(7-14)9(16)6-13)8-2-3-11(18)15-12(8)19;2*1-2/h6-8H,2-5,13-14H2,1H3,(H,15,18,19);2*1-2H3/b9-6+,10-7+;;. The molecule has 2 heterocycles. The minimum Gasteiger partial charge on any atom is -0.403 e. The normalized spacial score (nSPS) is 24.5. The van der Waals surface area contributed by atoms with Crippen molar-refractivity contribution in [1.29, 1.82) is 0 Å². The fourth-order valence-corrected chi connectivity index (χ4v) is 2.54. The first-order valence-corrected chi connectivity index (χ1v) is 8.24. The number of carbonyl (C=O) groups is 2. The summed E-state index contributed by atoms with van der Waals surface area (Å²) in [4.78, 5) is 27.0. The summed E-state index contributed by atoms with van der Waals surface area (Å²) in [6.45, 7) is 9.42. The predicted octanol–water partition coefficient (Wildman–Crippen LogP) is 0.692. The molecular formula is C16H31N5O2. The number of hydrogen-bond donors (Lipinski definition) is 3. The second-order valence-corrected chi connectivity index (χ2v) is 4.69. The molecular weight excluding hydrogens is 294 g/mol. The summed E-state index contributed by atoms with van der Waals surface area (Å²) in [5.41, 5.74) is 12.8. The van der Waals surface area contributed by atoms with Gasteiger partial charge in [0.15, 0.2) is 0 Å². The van der Waals surface area contributed by atoms with Gasteiger partial charge in [-0.15, -0.1) is 0 Å². The third-order valence-electron chi connectivity index (χ3n) is 3.56. The molecule has 0 aromatic heterocycles. The van der Waals surface area contributed by atoms with E-state index < -0.39 is 0 Å². The fourth-order valence-electron chi connectivity index (χ4n) is 2.54. The SMILES string of the molecule is CC.CC.CN1CCN(C2CCC(=O)NC2=O)C(=C/N)/C1=C\N. The molecule has 2 saturated heterocycles. The highest BCUT2D eigenvalue weighted by Gasteiger charge is 2.36. The molecule has 0 aromatic carbocycles. The highest BCUT2D eigenvalue weighted by Crippen LogP contribution is 2.26. The molecule has 0 aromatic rings. The van der Waals surface area contributed by atoms with Crippen LogP contribution in [-0.4, -0.2) is 47.8 Å². The lowest BCUT2D eigenvalue weighted by atomic mass is 10.0. The van der Waals surface area contributed by atoms with E-state index in [0.717, 1.165) is 17.9 Å². The molecule has 2 aliphatic heterocycles. The molecule has 132 valence electrons. The smallest absolute Gasteiger partial charge is 0.249 e. The number of nitrogens with two attached hydrogens (primary N) is 2. The lowest BCUT2D eigenvalue weighted by Gasteiger charge is -2.43. The number of piperidine rings is 1. The van der Waals surface area contributed by atoms with Crippen LogP contribution in [-0.2, 0) is 9.59 Å². The van der Waals surface area contributed by atoms with Gasteiger partial charge in [-0.25, -0.2) is 0 Å². The molecule has 23 heavy (non-hydrogen) atoms. The van der Waals surface area contributed by atoms with Gasteiger partial charge in [-0.3, -0.25) is 14.9 Å². The van der Waals surface area contributed by atoms with Crippen LogP contribution in [0.1, 0.15) is 40.5 Å². The number of piperazine rings is 1. The van der Waals surface area contributed by atoms with Gasteiger partial charge in [-0.05, 0) is 6.42 Å². The van der Waals surface area contributed by atoms with Crippen LogP contribution in [0.5, 0.6) is 0 Å². The minimum absolute atomic E-state index is 0.219. The molecule has 2 fully saturated rings. The van der Waals surface area contributed by atoms with Crippen molar-refractivity contribution < 1.29 is 9.59 Å². The Morgan fingerprint density at radius 3 is 2.09 bits per heavy atom. The first kappa shape index (κ1) is 20.8. The van der Waals surface area contributed by atoms with Crippen molar-refractivity contribution in [2.45, 2.75) is 46.6 Å². The van der Waals surface area contributed by atoms with Crippen molar-refractivity contribution in [3.63, 3.8) is 0 Å². The van der Waals surface area contributed by atoms with E-state index in [9.17, 15) is 9.59 Å². The van der Waals surface area contributed by atoms with Crippen molar-refractivity contribution in [2.24, 2.45) is 11.5 Å². The average Bonchev–Trinajstić information content (AvgIpc) is 2.58. The molecule has 0 bridgehead atoms. The first-order valence-electron chi connectivity index (χ1n) is 8.24. The van der Waals surface area contributed by atoms with E-state index in [2.05, 4.69) is 5.32 Å². The zero-order valence-electron chi connectivity index (χ0n) is 14.9. The van der Waals surface area contributed by atoms with Crippen LogP contribution in [0, 0.1) is 0 Å². The number of amides is 2. The van der Waals surface area contributed by atoms with Crippen LogP contribution in [0.3, 0.4) is 0 Å². The topological polar surface area (TPSA) is 105 Å². The van der Waals surface area contributed by atoms with E-state index in [0.29, 0.717) is 19.4 Å². The second kappa shape index (κ2) is 10.5. The number of nitrogens with one attached hydrogen (secondary N) is 1. The maximum absolute atomic E-state index is 11.9. The third-order valence-corrected chi connectivity index (χ3v) is 3.56. The van der Waals surface area contributed by atoms with Crippen LogP contribution < -0.4 is 16.8 Å². The van der Waals surface area contributed by atoms with Gasteiger partial charge >= 0.3 is 0 Å². The third kappa shape index (κ3) is 4.91. The monoisotopic (exact) mass is 325 g/mol. The van der Waals surface area contributed by atoms with Crippen molar-refractivity contribution in [1.82, 2.24) is 15.1 Å². The highest BCUT2D eigenvalue weighted by atomic mass is 16.2. The van der Waals surface area contributed by atoms with Gasteiger partial charge in [0, 0.05) is 39.0 Å². The van der Waals surface area contributed by atoms with Gasteiger partial charge in [-0.1, -0.05) is 27.7 Å². The van der Waals surface area contributed by atoms with E-state index in [1.807, 2.05) is 44.5 Å². The maximum atomic E-state index is 11.9. The quantitative estimate of drug-likeness (QED) is 0.613. The summed E-state index contributed by atoms with van der Waals surface area (Å²) in [7, 11) is 1.92. The summed E-state index contributed by atoms with van der Waals surface area (Å²) in [6, 6.07) is -0.365. The van der Waals surface area contributed by atoms with Crippen molar-refractivity contribution >= 4 is 11.8 Å². The first-order chi connectivity index (χ1) is 11.1. The molecule has 5 N–H and O–H groups in total. The zero-order chi connectivity index (χ0) is 18.0. The molecule has 2 aliphatic rings. The van der Waals surface area contributed by atoms with Crippen LogP contribution in [0.25, 0.3) is 0 Å². The second-order valence-electron chi connectivity index (χ2n) is 4.69. The van der Waals surface area contributed by atoms with Crippen molar-refractivity contribution in [3.05, 3.63) is 23.8 Å². The Bertz CT molecular complexity index is 459. The number of carbonyl (C=O) groups excluding carboxylic acids is 2. The van der Waals surface area contributed by atoms with E-state index >= 15 is 0 Å². The highest BCUT2D eigenvalue weighted by molar-refractivity contribution is 6.00. The van der Waals surface area contributed by atoms with E-state index in [4.69, 9.17) is 11.5 Å². The molecule has 2 rings (SSSR count). The molecule has 0 aliphatic carbocycles. The summed E-state index contributed by atoms with van der Waals surface area (Å²) in [5.74, 6) is -0.486. The molecule has 1 unspecified atom stereocenters. The predicted molar refractivity (Wildman–Crippen MR) is 92.7 cm³/mol. The molecule has 0 radical (unpaired) electrons. The molecule has 0 spiro atoms. The van der Waals surface area contributed by atoms with Gasteiger partial charge < -0.3 is 21.3 Å². The van der Waals surface area contributed by atoms with Gasteiger partial charge in [0.05, 0.1) is 11.4 Å². The van der Waals surface area contributed by atoms with Gasteiger partial charge in [0.25, 0.3) is 0 Å². The van der Waals surface area contributed by atoms with Gasteiger partial charge in [0.1, 0.15) is 6.04 Å².